The summed E-state index contributed by atoms with van der Waals surface area (Å²) in [5.41, 5.74) is 2.96. The fraction of sp³-hybridized carbons (Fsp3) is 0.600. The third kappa shape index (κ3) is 2.30. The van der Waals surface area contributed by atoms with Gasteiger partial charge in [0.2, 0.25) is 0 Å². The number of piperazine rings is 1. The van der Waals surface area contributed by atoms with Crippen LogP contribution in [0.1, 0.15) is 25.3 Å². The number of anilines is 1. The summed E-state index contributed by atoms with van der Waals surface area (Å²) >= 11 is 3.71. The maximum Gasteiger partial charge on any atom is 0.0511 e. The highest BCUT2D eigenvalue weighted by molar-refractivity contribution is 9.10. The lowest BCUT2D eigenvalue weighted by Crippen LogP contribution is -2.60. The smallest absolute Gasteiger partial charge is 0.0511 e. The predicted octanol–water partition coefficient (Wildman–Crippen LogP) is 3.34. The van der Waals surface area contributed by atoms with Crippen molar-refractivity contribution in [1.82, 2.24) is 5.32 Å². The van der Waals surface area contributed by atoms with E-state index < -0.39 is 0 Å². The second kappa shape index (κ2) is 4.53. The van der Waals surface area contributed by atoms with E-state index >= 15 is 0 Å². The van der Waals surface area contributed by atoms with Crippen molar-refractivity contribution < 1.29 is 0 Å². The molecule has 1 aromatic carbocycles. The molecule has 3 rings (SSSR count). The molecular formula is C15H21BrN2. The topological polar surface area (TPSA) is 15.3 Å². The zero-order chi connectivity index (χ0) is 12.8. The van der Waals surface area contributed by atoms with Gasteiger partial charge in [-0.05, 0) is 66.2 Å². The Morgan fingerprint density at radius 3 is 2.83 bits per heavy atom. The number of nitrogens with one attached hydrogen (secondary N) is 1. The highest BCUT2D eigenvalue weighted by Crippen LogP contribution is 2.42. The molecule has 0 spiro atoms. The number of hydrogen-bond donors (Lipinski definition) is 1. The molecule has 1 saturated carbocycles. The second-order valence-corrected chi connectivity index (χ2v) is 6.85. The maximum atomic E-state index is 3.73. The summed E-state index contributed by atoms with van der Waals surface area (Å²) in [6.45, 7) is 7.84. The van der Waals surface area contributed by atoms with E-state index in [1.807, 2.05) is 0 Å². The number of hydrogen-bond acceptors (Lipinski definition) is 2. The minimum Gasteiger partial charge on any atom is -0.367 e. The molecule has 1 heterocycles. The van der Waals surface area contributed by atoms with Crippen LogP contribution in [0.15, 0.2) is 22.7 Å². The average molecular weight is 309 g/mol. The molecule has 0 aromatic heterocycles. The Morgan fingerprint density at radius 1 is 1.39 bits per heavy atom. The molecule has 3 heteroatoms. The van der Waals surface area contributed by atoms with Crippen molar-refractivity contribution in [3.8, 4) is 0 Å². The molecule has 1 aliphatic heterocycles. The molecule has 18 heavy (non-hydrogen) atoms. The van der Waals surface area contributed by atoms with Gasteiger partial charge in [-0.3, -0.25) is 0 Å². The second-order valence-electron chi connectivity index (χ2n) is 5.99. The van der Waals surface area contributed by atoms with Gasteiger partial charge < -0.3 is 10.2 Å². The lowest BCUT2D eigenvalue weighted by atomic mass is 9.92. The van der Waals surface area contributed by atoms with E-state index in [-0.39, 0.29) is 0 Å². The summed E-state index contributed by atoms with van der Waals surface area (Å²) in [4.78, 5) is 2.53. The normalized spacial score (nSPS) is 28.5. The van der Waals surface area contributed by atoms with Crippen LogP contribution < -0.4 is 10.2 Å². The highest BCUT2D eigenvalue weighted by atomic mass is 79.9. The first kappa shape index (κ1) is 12.5. The van der Waals surface area contributed by atoms with Crippen molar-refractivity contribution in [3.63, 3.8) is 0 Å². The standard InChI is InChI=1S/C15H21BrN2/c1-11-3-6-14(13(16)9-11)18-8-7-17-15(2,10-18)12-4-5-12/h3,6,9,12,17H,4-5,7-8,10H2,1-2H3. The quantitative estimate of drug-likeness (QED) is 0.901. The molecule has 1 N–H and O–H groups in total. The number of nitrogens with zero attached hydrogens (tertiary/aromatic N) is 1. The van der Waals surface area contributed by atoms with Gasteiger partial charge in [-0.15, -0.1) is 0 Å². The van der Waals surface area contributed by atoms with Gasteiger partial charge in [-0.2, -0.15) is 0 Å². The van der Waals surface area contributed by atoms with Crippen LogP contribution in [-0.4, -0.2) is 25.2 Å². The van der Waals surface area contributed by atoms with Crippen molar-refractivity contribution in [3.05, 3.63) is 28.2 Å². The van der Waals surface area contributed by atoms with Crippen LogP contribution in [0.25, 0.3) is 0 Å². The predicted molar refractivity (Wildman–Crippen MR) is 80.2 cm³/mol. The Hall–Kier alpha value is -0.540. The van der Waals surface area contributed by atoms with Gasteiger partial charge in [-0.1, -0.05) is 6.07 Å². The lowest BCUT2D eigenvalue weighted by Gasteiger charge is -2.43. The van der Waals surface area contributed by atoms with Gasteiger partial charge >= 0.3 is 0 Å². The van der Waals surface area contributed by atoms with E-state index in [9.17, 15) is 0 Å². The first-order chi connectivity index (χ1) is 8.58. The fourth-order valence-electron chi connectivity index (χ4n) is 3.08. The third-order valence-electron chi connectivity index (χ3n) is 4.35. The van der Waals surface area contributed by atoms with Crippen molar-refractivity contribution in [2.75, 3.05) is 24.5 Å². The number of rotatable bonds is 2. The monoisotopic (exact) mass is 308 g/mol. The van der Waals surface area contributed by atoms with E-state index in [1.54, 1.807) is 0 Å². The molecule has 1 aromatic rings. The van der Waals surface area contributed by atoms with Crippen LogP contribution in [-0.2, 0) is 0 Å². The number of benzene rings is 1. The summed E-state index contributed by atoms with van der Waals surface area (Å²) < 4.78 is 1.22. The molecule has 1 aliphatic carbocycles. The lowest BCUT2D eigenvalue weighted by molar-refractivity contribution is 0.285. The van der Waals surface area contributed by atoms with Crippen LogP contribution in [0.2, 0.25) is 0 Å². The zero-order valence-corrected chi connectivity index (χ0v) is 12.8. The first-order valence-electron chi connectivity index (χ1n) is 6.85. The van der Waals surface area contributed by atoms with Crippen LogP contribution >= 0.6 is 15.9 Å². The summed E-state index contributed by atoms with van der Waals surface area (Å²) in [6.07, 6.45) is 2.79. The van der Waals surface area contributed by atoms with Crippen molar-refractivity contribution >= 4 is 21.6 Å². The molecule has 2 nitrogen and oxygen atoms in total. The van der Waals surface area contributed by atoms with Gasteiger partial charge in [-0.25, -0.2) is 0 Å². The molecule has 0 amide bonds. The summed E-state index contributed by atoms with van der Waals surface area (Å²) in [6, 6.07) is 6.67. The summed E-state index contributed by atoms with van der Waals surface area (Å²) in [5, 5.41) is 3.73. The van der Waals surface area contributed by atoms with E-state index in [1.165, 1.54) is 28.6 Å². The van der Waals surface area contributed by atoms with E-state index in [4.69, 9.17) is 0 Å². The van der Waals surface area contributed by atoms with Crippen LogP contribution in [0, 0.1) is 12.8 Å². The van der Waals surface area contributed by atoms with Crippen LogP contribution in [0.4, 0.5) is 5.69 Å². The minimum atomic E-state index is 0.308. The number of halogens is 1. The molecule has 0 bridgehead atoms. The summed E-state index contributed by atoms with van der Waals surface area (Å²) in [5.74, 6) is 0.879. The van der Waals surface area contributed by atoms with Crippen molar-refractivity contribution in [2.45, 2.75) is 32.2 Å². The molecule has 2 fully saturated rings. The third-order valence-corrected chi connectivity index (χ3v) is 4.99. The van der Waals surface area contributed by atoms with Gasteiger partial charge in [0, 0.05) is 29.6 Å². The molecule has 2 aliphatic rings. The molecule has 1 unspecified atom stereocenters. The van der Waals surface area contributed by atoms with Gasteiger partial charge in [0.25, 0.3) is 0 Å². The Kier molecular flexibility index (Phi) is 3.15. The van der Waals surface area contributed by atoms with Gasteiger partial charge in [0.05, 0.1) is 5.69 Å². The highest BCUT2D eigenvalue weighted by Gasteiger charge is 2.44. The molecular weight excluding hydrogens is 288 g/mol. The average Bonchev–Trinajstić information content (AvgIpc) is 3.12. The number of aryl methyl sites for hydroxylation is 1. The maximum absolute atomic E-state index is 3.73. The van der Waals surface area contributed by atoms with Gasteiger partial charge in [0.15, 0.2) is 0 Å². The largest absolute Gasteiger partial charge is 0.367 e. The summed E-state index contributed by atoms with van der Waals surface area (Å²) in [7, 11) is 0. The van der Waals surface area contributed by atoms with Crippen LogP contribution in [0.3, 0.4) is 0 Å². The Bertz CT molecular complexity index is 456. The first-order valence-corrected chi connectivity index (χ1v) is 7.64. The van der Waals surface area contributed by atoms with Gasteiger partial charge in [0.1, 0.15) is 0 Å². The van der Waals surface area contributed by atoms with Crippen molar-refractivity contribution in [2.24, 2.45) is 5.92 Å². The van der Waals surface area contributed by atoms with Crippen LogP contribution in [0.5, 0.6) is 0 Å². The molecule has 98 valence electrons. The Labute approximate surface area is 118 Å². The minimum absolute atomic E-state index is 0.308. The molecule has 1 saturated heterocycles. The van der Waals surface area contributed by atoms with Crippen molar-refractivity contribution in [1.29, 1.82) is 0 Å². The Morgan fingerprint density at radius 2 is 2.17 bits per heavy atom. The Balaban J connectivity index is 1.83. The fourth-order valence-corrected chi connectivity index (χ4v) is 3.82. The van der Waals surface area contributed by atoms with E-state index in [2.05, 4.69) is 58.2 Å². The zero-order valence-electron chi connectivity index (χ0n) is 11.2. The van der Waals surface area contributed by atoms with E-state index in [0.29, 0.717) is 5.54 Å². The SMILES string of the molecule is Cc1ccc(N2CCNC(C)(C3CC3)C2)c(Br)c1. The van der Waals surface area contributed by atoms with E-state index in [0.717, 1.165) is 25.6 Å². The molecule has 1 atom stereocenters. The molecule has 0 radical (unpaired) electrons.